The van der Waals surface area contributed by atoms with E-state index in [1.54, 1.807) is 24.3 Å². The quantitative estimate of drug-likeness (QED) is 0.352. The molecule has 0 fully saturated rings. The van der Waals surface area contributed by atoms with E-state index >= 15 is 0 Å². The van der Waals surface area contributed by atoms with Crippen LogP contribution in [0.15, 0.2) is 54.6 Å². The smallest absolute Gasteiger partial charge is 0.234 e. The maximum atomic E-state index is 11.0. The maximum Gasteiger partial charge on any atom is 0.234 e. The first-order chi connectivity index (χ1) is 16.9. The number of fused-ring (bicyclic) bond motifs is 6. The molecule has 2 heterocycles. The van der Waals surface area contributed by atoms with Crippen LogP contribution in [0.4, 0.5) is 0 Å². The van der Waals surface area contributed by atoms with E-state index < -0.39 is 24.8 Å². The van der Waals surface area contributed by atoms with Crippen LogP contribution in [0.25, 0.3) is 0 Å². The molecular weight excluding hydrogens is 491 g/mol. The zero-order valence-corrected chi connectivity index (χ0v) is 20.6. The Morgan fingerprint density at radius 2 is 1.43 bits per heavy atom. The Morgan fingerprint density at radius 3 is 2.00 bits per heavy atom. The van der Waals surface area contributed by atoms with Gasteiger partial charge in [-0.2, -0.15) is 0 Å². The number of halogens is 2. The number of aliphatic hydroxyl groups is 2. The van der Waals surface area contributed by atoms with Gasteiger partial charge in [-0.25, -0.2) is 0 Å². The van der Waals surface area contributed by atoms with Gasteiger partial charge in [0.05, 0.1) is 30.4 Å². The lowest BCUT2D eigenvalue weighted by Crippen LogP contribution is -2.32. The van der Waals surface area contributed by atoms with E-state index in [9.17, 15) is 10.2 Å². The summed E-state index contributed by atoms with van der Waals surface area (Å²) in [5, 5.41) is 22.5. The van der Waals surface area contributed by atoms with Gasteiger partial charge in [-0.15, -0.1) is 0 Å². The van der Waals surface area contributed by atoms with E-state index in [-0.39, 0.29) is 6.61 Å². The van der Waals surface area contributed by atoms with Crippen LogP contribution in [0.5, 0.6) is 11.5 Å². The highest BCUT2D eigenvalue weighted by Crippen LogP contribution is 2.52. The summed E-state index contributed by atoms with van der Waals surface area (Å²) in [6, 6.07) is 16.5. The van der Waals surface area contributed by atoms with Gasteiger partial charge in [-0.05, 0) is 36.2 Å². The Labute approximate surface area is 213 Å². The molecule has 4 unspecified atom stereocenters. The van der Waals surface area contributed by atoms with Crippen molar-refractivity contribution < 1.29 is 29.2 Å². The zero-order chi connectivity index (χ0) is 24.5. The Hall–Kier alpha value is -2.32. The van der Waals surface area contributed by atoms with E-state index in [1.165, 1.54) is 0 Å². The first kappa shape index (κ1) is 24.4. The summed E-state index contributed by atoms with van der Waals surface area (Å²) in [6.07, 6.45) is -1.99. The van der Waals surface area contributed by atoms with Gasteiger partial charge in [-0.3, -0.25) is 4.74 Å². The largest absolute Gasteiger partial charge is 0.459 e. The number of aliphatic hydroxyl groups excluding tert-OH is 2. The molecule has 0 aliphatic carbocycles. The highest BCUT2D eigenvalue weighted by atomic mass is 35.5. The van der Waals surface area contributed by atoms with Crippen LogP contribution >= 0.6 is 23.2 Å². The molecule has 0 radical (unpaired) electrons. The second-order valence-electron chi connectivity index (χ2n) is 8.68. The van der Waals surface area contributed by atoms with Gasteiger partial charge < -0.3 is 24.4 Å². The number of hydrogen-bond acceptors (Lipinski definition) is 6. The van der Waals surface area contributed by atoms with Crippen LogP contribution in [-0.4, -0.2) is 16.8 Å². The van der Waals surface area contributed by atoms with Gasteiger partial charge in [0.1, 0.15) is 17.6 Å². The monoisotopic (exact) mass is 516 g/mol. The van der Waals surface area contributed by atoms with Crippen molar-refractivity contribution in [1.29, 1.82) is 0 Å². The number of hydrogen-bond donors (Lipinski definition) is 2. The summed E-state index contributed by atoms with van der Waals surface area (Å²) in [5.74, 6) is 0.934. The van der Waals surface area contributed by atoms with E-state index in [0.29, 0.717) is 56.8 Å². The third kappa shape index (κ3) is 5.00. The van der Waals surface area contributed by atoms with Crippen LogP contribution in [0.2, 0.25) is 10.0 Å². The minimum absolute atomic E-state index is 0.0534. The van der Waals surface area contributed by atoms with Gasteiger partial charge in [0.15, 0.2) is 0 Å². The average Bonchev–Trinajstić information content (AvgIpc) is 2.85. The highest BCUT2D eigenvalue weighted by molar-refractivity contribution is 6.31. The fourth-order valence-electron chi connectivity index (χ4n) is 4.43. The minimum Gasteiger partial charge on any atom is -0.459 e. The van der Waals surface area contributed by atoms with E-state index in [0.717, 1.165) is 12.0 Å². The van der Waals surface area contributed by atoms with E-state index in [4.69, 9.17) is 42.1 Å². The lowest BCUT2D eigenvalue weighted by molar-refractivity contribution is -0.228. The summed E-state index contributed by atoms with van der Waals surface area (Å²) < 4.78 is 24.2. The maximum absolute atomic E-state index is 11.0. The van der Waals surface area contributed by atoms with Crippen LogP contribution in [0, 0.1) is 0 Å². The number of rotatable bonds is 8. The van der Waals surface area contributed by atoms with Gasteiger partial charge in [0.25, 0.3) is 0 Å². The second-order valence-corrected chi connectivity index (χ2v) is 9.56. The van der Waals surface area contributed by atoms with E-state index in [1.807, 2.05) is 37.3 Å². The van der Waals surface area contributed by atoms with Crippen molar-refractivity contribution in [2.75, 3.05) is 6.61 Å². The zero-order valence-electron chi connectivity index (χ0n) is 19.1. The van der Waals surface area contributed by atoms with Crippen molar-refractivity contribution in [3.05, 3.63) is 92.5 Å². The van der Waals surface area contributed by atoms with E-state index in [2.05, 4.69) is 0 Å². The van der Waals surface area contributed by atoms with Crippen molar-refractivity contribution >= 4 is 23.2 Å². The van der Waals surface area contributed by atoms with Gasteiger partial charge in [0.2, 0.25) is 12.6 Å². The molecule has 0 saturated carbocycles. The molecule has 5 rings (SSSR count). The average molecular weight is 517 g/mol. The Balaban J connectivity index is 1.43. The molecule has 0 amide bonds. The lowest BCUT2D eigenvalue weighted by atomic mass is 9.97. The lowest BCUT2D eigenvalue weighted by Gasteiger charge is -2.40. The van der Waals surface area contributed by atoms with Crippen LogP contribution in [0.3, 0.4) is 0 Å². The first-order valence-electron chi connectivity index (χ1n) is 11.6. The molecule has 35 heavy (non-hydrogen) atoms. The molecule has 184 valence electrons. The van der Waals surface area contributed by atoms with Gasteiger partial charge in [-0.1, -0.05) is 66.9 Å². The van der Waals surface area contributed by atoms with Gasteiger partial charge >= 0.3 is 0 Å². The molecule has 4 atom stereocenters. The fraction of sp³-hybridized carbons (Fsp3) is 0.333. The minimum atomic E-state index is -0.981. The molecule has 2 bridgehead atoms. The van der Waals surface area contributed by atoms with Gasteiger partial charge in [0, 0.05) is 21.2 Å². The predicted molar refractivity (Wildman–Crippen MR) is 132 cm³/mol. The van der Waals surface area contributed by atoms with Crippen molar-refractivity contribution in [3.63, 3.8) is 0 Å². The van der Waals surface area contributed by atoms with Crippen molar-refractivity contribution in [2.45, 2.75) is 51.2 Å². The highest BCUT2D eigenvalue weighted by Gasteiger charge is 2.41. The first-order valence-corrected chi connectivity index (χ1v) is 12.3. The second kappa shape index (κ2) is 10.3. The SMILES string of the molecule is CCCC(O)c1cc(Cl)cc2c1OC1OC2Oc2c(C(O)COCc3ccccc3)cc(Cl)cc21. The van der Waals surface area contributed by atoms with Crippen molar-refractivity contribution in [1.82, 2.24) is 0 Å². The molecule has 2 N–H and O–H groups in total. The fourth-order valence-corrected chi connectivity index (χ4v) is 4.90. The Morgan fingerprint density at radius 1 is 0.857 bits per heavy atom. The summed E-state index contributed by atoms with van der Waals surface area (Å²) in [6.45, 7) is 2.42. The molecule has 2 aliphatic rings. The normalized spacial score (nSPS) is 19.7. The topological polar surface area (TPSA) is 77.4 Å². The third-order valence-corrected chi connectivity index (χ3v) is 6.53. The third-order valence-electron chi connectivity index (χ3n) is 6.09. The van der Waals surface area contributed by atoms with Crippen molar-refractivity contribution in [3.8, 4) is 11.5 Å². The molecule has 3 aromatic carbocycles. The molecule has 3 aromatic rings. The van der Waals surface area contributed by atoms with Crippen LogP contribution < -0.4 is 9.47 Å². The molecule has 0 spiro atoms. The predicted octanol–water partition coefficient (Wildman–Crippen LogP) is 6.58. The summed E-state index contributed by atoms with van der Waals surface area (Å²) in [7, 11) is 0. The molecule has 0 saturated heterocycles. The molecule has 6 nitrogen and oxygen atoms in total. The summed E-state index contributed by atoms with van der Waals surface area (Å²) in [5.41, 5.74) is 3.23. The molecular formula is C27H26Cl2O6. The number of ether oxygens (including phenoxy) is 4. The Kier molecular flexibility index (Phi) is 7.21. The number of benzene rings is 3. The molecule has 8 heteroatoms. The van der Waals surface area contributed by atoms with Crippen LogP contribution in [0.1, 0.15) is 72.4 Å². The molecule has 0 aromatic heterocycles. The summed E-state index contributed by atoms with van der Waals surface area (Å²) in [4.78, 5) is 0. The molecule has 2 aliphatic heterocycles. The summed E-state index contributed by atoms with van der Waals surface area (Å²) >= 11 is 12.8. The van der Waals surface area contributed by atoms with Crippen LogP contribution in [-0.2, 0) is 16.1 Å². The Bertz CT molecular complexity index is 1200. The standard InChI is InChI=1S/C27H26Cl2O6/c1-2-6-22(30)18-9-16(28)11-20-24(18)33-27-21-12-17(29)10-19(25(21)34-26(20)35-27)23(31)14-32-13-15-7-4-3-5-8-15/h3-5,7-12,22-23,26-27,30-31H,2,6,13-14H2,1H3. The van der Waals surface area contributed by atoms with Crippen molar-refractivity contribution in [2.24, 2.45) is 0 Å².